The third-order valence-corrected chi connectivity index (χ3v) is 4.64. The summed E-state index contributed by atoms with van der Waals surface area (Å²) in [6.07, 6.45) is -6.11. The van der Waals surface area contributed by atoms with Crippen LogP contribution >= 0.6 is 0 Å². The monoisotopic (exact) mass is 368 g/mol. The number of aliphatic hydroxyl groups is 1. The molecule has 0 amide bonds. The van der Waals surface area contributed by atoms with Crippen molar-refractivity contribution in [1.29, 1.82) is 0 Å². The maximum Gasteiger partial charge on any atom is 0.470 e. The third-order valence-electron chi connectivity index (χ3n) is 4.64. The molecule has 1 aliphatic heterocycles. The van der Waals surface area contributed by atoms with Gasteiger partial charge in [0, 0.05) is 17.3 Å². The highest BCUT2D eigenvalue weighted by molar-refractivity contribution is 5.66. The zero-order chi connectivity index (χ0) is 19.3. The molecular formula is C18H21F3N3O2+. The van der Waals surface area contributed by atoms with Gasteiger partial charge in [-0.15, -0.1) is 0 Å². The highest BCUT2D eigenvalue weighted by Gasteiger charge is 2.60. The van der Waals surface area contributed by atoms with E-state index in [2.05, 4.69) is 9.97 Å². The lowest BCUT2D eigenvalue weighted by Crippen LogP contribution is -2.62. The molecule has 1 aliphatic rings. The van der Waals surface area contributed by atoms with Gasteiger partial charge in [0.05, 0.1) is 12.2 Å². The topological polar surface area (TPSA) is 55.2 Å². The molecule has 0 saturated carbocycles. The zero-order valence-corrected chi connectivity index (χ0v) is 15.1. The molecule has 2 atom stereocenters. The minimum Gasteiger partial charge on any atom is -0.337 e. The van der Waals surface area contributed by atoms with E-state index < -0.39 is 16.9 Å². The van der Waals surface area contributed by atoms with E-state index >= 15 is 0 Å². The van der Waals surface area contributed by atoms with Gasteiger partial charge in [0.25, 0.3) is 0 Å². The molecule has 2 unspecified atom stereocenters. The standard InChI is InChI=1S/C18H21F3N3O2/c1-10-5-11(2)15(12(3)6-10)24(17(25)18(19,20)21)9-26-8-14-7-22-13(4)23-16(14)24/h5-7,17,25H,8-9H2,1-4H3/q+1. The van der Waals surface area contributed by atoms with E-state index in [4.69, 9.17) is 4.74 Å². The number of hydrogen-bond acceptors (Lipinski definition) is 4. The highest BCUT2D eigenvalue weighted by atomic mass is 19.4. The van der Waals surface area contributed by atoms with Crippen LogP contribution < -0.4 is 4.48 Å². The number of alkyl halides is 3. The van der Waals surface area contributed by atoms with Crippen LogP contribution in [0.3, 0.4) is 0 Å². The van der Waals surface area contributed by atoms with Crippen molar-refractivity contribution in [1.82, 2.24) is 14.5 Å². The molecule has 0 saturated heterocycles. The predicted molar refractivity (Wildman–Crippen MR) is 90.6 cm³/mol. The predicted octanol–water partition coefficient (Wildman–Crippen LogP) is 3.72. The summed E-state index contributed by atoms with van der Waals surface area (Å²) in [5, 5.41) is 10.5. The van der Waals surface area contributed by atoms with Gasteiger partial charge in [-0.1, -0.05) is 17.7 Å². The van der Waals surface area contributed by atoms with E-state index in [1.54, 1.807) is 32.9 Å². The van der Waals surface area contributed by atoms with Gasteiger partial charge in [-0.25, -0.2) is 4.98 Å². The smallest absolute Gasteiger partial charge is 0.337 e. The summed E-state index contributed by atoms with van der Waals surface area (Å²) in [5.74, 6) is 0.466. The largest absolute Gasteiger partial charge is 0.470 e. The quantitative estimate of drug-likeness (QED) is 0.821. The number of rotatable bonds is 2. The summed E-state index contributed by atoms with van der Waals surface area (Å²) in [5.41, 5.74) is 2.99. The van der Waals surface area contributed by atoms with E-state index in [1.807, 2.05) is 6.92 Å². The molecule has 0 radical (unpaired) electrons. The Hall–Kier alpha value is -2.03. The van der Waals surface area contributed by atoms with Crippen LogP contribution in [0.1, 0.15) is 28.1 Å². The second-order valence-corrected chi connectivity index (χ2v) is 6.78. The van der Waals surface area contributed by atoms with Crippen LogP contribution in [0.2, 0.25) is 0 Å². The van der Waals surface area contributed by atoms with Crippen LogP contribution in [0.4, 0.5) is 24.7 Å². The third kappa shape index (κ3) is 2.87. The lowest BCUT2D eigenvalue weighted by atomic mass is 10.0. The van der Waals surface area contributed by atoms with Gasteiger partial charge in [-0.05, 0) is 27.7 Å². The van der Waals surface area contributed by atoms with Gasteiger partial charge in [0.1, 0.15) is 11.5 Å². The molecule has 8 heteroatoms. The van der Waals surface area contributed by atoms with Crippen molar-refractivity contribution in [2.75, 3.05) is 6.73 Å². The van der Waals surface area contributed by atoms with Gasteiger partial charge >= 0.3 is 12.4 Å². The summed E-state index contributed by atoms with van der Waals surface area (Å²) in [6, 6.07) is 3.60. The van der Waals surface area contributed by atoms with E-state index in [1.165, 1.54) is 6.20 Å². The molecule has 26 heavy (non-hydrogen) atoms. The Bertz CT molecular complexity index is 831. The van der Waals surface area contributed by atoms with Gasteiger partial charge in [0.15, 0.2) is 6.73 Å². The minimum atomic E-state index is -4.86. The van der Waals surface area contributed by atoms with Crippen LogP contribution in [0, 0.1) is 27.7 Å². The van der Waals surface area contributed by atoms with Crippen molar-refractivity contribution < 1.29 is 23.0 Å². The first-order chi connectivity index (χ1) is 12.1. The number of ether oxygens (including phenoxy) is 1. The zero-order valence-electron chi connectivity index (χ0n) is 15.1. The summed E-state index contributed by atoms with van der Waals surface area (Å²) in [6.45, 7) is 6.70. The number of quaternary nitrogens is 1. The molecule has 140 valence electrons. The average molecular weight is 368 g/mol. The van der Waals surface area contributed by atoms with E-state index in [-0.39, 0.29) is 19.2 Å². The fraction of sp³-hybridized carbons (Fsp3) is 0.444. The maximum absolute atomic E-state index is 13.7. The molecule has 3 rings (SSSR count). The van der Waals surface area contributed by atoms with Crippen LogP contribution in [0.15, 0.2) is 18.3 Å². The van der Waals surface area contributed by atoms with Crippen LogP contribution in [0.25, 0.3) is 0 Å². The molecule has 2 aromatic rings. The van der Waals surface area contributed by atoms with Crippen LogP contribution in [-0.4, -0.2) is 34.2 Å². The first-order valence-electron chi connectivity index (χ1n) is 8.19. The molecule has 2 heterocycles. The molecule has 1 aromatic heterocycles. The Balaban J connectivity index is 2.41. The second-order valence-electron chi connectivity index (χ2n) is 6.78. The molecule has 5 nitrogen and oxygen atoms in total. The van der Waals surface area contributed by atoms with Crippen molar-refractivity contribution in [2.24, 2.45) is 0 Å². The number of aryl methyl sites for hydroxylation is 4. The van der Waals surface area contributed by atoms with Crippen LogP contribution in [-0.2, 0) is 11.3 Å². The molecule has 0 fully saturated rings. The number of aliphatic hydroxyl groups excluding tert-OH is 1. The van der Waals surface area contributed by atoms with Crippen LogP contribution in [0.5, 0.6) is 0 Å². The Labute approximate surface area is 149 Å². The number of halogens is 3. The number of benzene rings is 1. The highest BCUT2D eigenvalue weighted by Crippen LogP contribution is 2.47. The lowest BCUT2D eigenvalue weighted by molar-refractivity contribution is -0.250. The van der Waals surface area contributed by atoms with Crippen molar-refractivity contribution in [3.05, 3.63) is 46.4 Å². The molecule has 0 spiro atoms. The number of aromatic nitrogens is 2. The summed E-state index contributed by atoms with van der Waals surface area (Å²) >= 11 is 0. The lowest BCUT2D eigenvalue weighted by Gasteiger charge is -2.44. The molecule has 1 N–H and O–H groups in total. The summed E-state index contributed by atoms with van der Waals surface area (Å²) in [7, 11) is 0. The number of nitrogens with zero attached hydrogens (tertiary/aromatic N) is 3. The Kier molecular flexibility index (Phi) is 4.54. The van der Waals surface area contributed by atoms with Gasteiger partial charge in [0.2, 0.25) is 5.82 Å². The van der Waals surface area contributed by atoms with E-state index in [0.29, 0.717) is 28.2 Å². The first-order valence-corrected chi connectivity index (χ1v) is 8.19. The Morgan fingerprint density at radius 2 is 1.77 bits per heavy atom. The minimum absolute atomic E-state index is 0.101. The van der Waals surface area contributed by atoms with Crippen molar-refractivity contribution in [3.8, 4) is 0 Å². The number of fused-ring (bicyclic) bond motifs is 1. The number of hydrogen-bond donors (Lipinski definition) is 1. The molecule has 0 bridgehead atoms. The summed E-state index contributed by atoms with van der Waals surface area (Å²) < 4.78 is 45.8. The average Bonchev–Trinajstić information content (AvgIpc) is 2.52. The van der Waals surface area contributed by atoms with E-state index in [0.717, 1.165) is 5.56 Å². The Morgan fingerprint density at radius 1 is 1.15 bits per heavy atom. The maximum atomic E-state index is 13.7. The second kappa shape index (κ2) is 6.29. The van der Waals surface area contributed by atoms with Crippen molar-refractivity contribution >= 4 is 11.5 Å². The summed E-state index contributed by atoms with van der Waals surface area (Å²) in [4.78, 5) is 8.37. The SMILES string of the molecule is Cc1cc(C)c([N+]2(C(O)C(F)(F)F)COCc3cnc(C)nc32)c(C)c1. The molecule has 0 aliphatic carbocycles. The molecular weight excluding hydrogens is 347 g/mol. The fourth-order valence-corrected chi connectivity index (χ4v) is 3.82. The fourth-order valence-electron chi connectivity index (χ4n) is 3.82. The first kappa shape index (κ1) is 18.8. The van der Waals surface area contributed by atoms with Gasteiger partial charge < -0.3 is 9.84 Å². The normalized spacial score (nSPS) is 21.4. The van der Waals surface area contributed by atoms with Gasteiger partial charge in [-0.3, -0.25) is 0 Å². The molecule has 1 aromatic carbocycles. The van der Waals surface area contributed by atoms with E-state index in [9.17, 15) is 18.3 Å². The van der Waals surface area contributed by atoms with Gasteiger partial charge in [-0.2, -0.15) is 22.6 Å². The van der Waals surface area contributed by atoms with Crippen molar-refractivity contribution in [3.63, 3.8) is 0 Å². The Morgan fingerprint density at radius 3 is 2.35 bits per heavy atom. The van der Waals surface area contributed by atoms with Crippen molar-refractivity contribution in [2.45, 2.75) is 46.7 Å².